The molecule has 0 N–H and O–H groups in total. The summed E-state index contributed by atoms with van der Waals surface area (Å²) < 4.78 is 1.28. The van der Waals surface area contributed by atoms with Gasteiger partial charge in [-0.15, -0.1) is 0 Å². The molecule has 0 aliphatic rings. The largest absolute Gasteiger partial charge is 1.00 e. The van der Waals surface area contributed by atoms with Gasteiger partial charge in [0.2, 0.25) is 0 Å². The second kappa shape index (κ2) is 14.6. The maximum Gasteiger partial charge on any atom is 0.0883 e. The van der Waals surface area contributed by atoms with Crippen LogP contribution in [0.5, 0.6) is 0 Å². The first-order valence-corrected chi connectivity index (χ1v) is 8.70. The molecule has 0 saturated carbocycles. The Bertz CT molecular complexity index is 167. The first-order valence-electron chi connectivity index (χ1n) is 7.58. The van der Waals surface area contributed by atoms with Crippen molar-refractivity contribution in [2.45, 2.75) is 65.2 Å². The number of rotatable bonds is 12. The molecule has 1 nitrogen and oxygen atoms in total. The Morgan fingerprint density at radius 2 is 1.17 bits per heavy atom. The van der Waals surface area contributed by atoms with Crippen LogP contribution >= 0.6 is 15.9 Å². The van der Waals surface area contributed by atoms with Gasteiger partial charge in [0.1, 0.15) is 0 Å². The van der Waals surface area contributed by atoms with Gasteiger partial charge in [0, 0.05) is 0 Å². The summed E-state index contributed by atoms with van der Waals surface area (Å²) in [7, 11) is 2.44. The number of unbranched alkanes of at least 4 members (excludes halogenated alkanes) is 6. The van der Waals surface area contributed by atoms with E-state index in [2.05, 4.69) is 36.8 Å². The molecule has 0 bridgehead atoms. The summed E-state index contributed by atoms with van der Waals surface area (Å²) in [5.74, 6) is 0. The van der Waals surface area contributed by atoms with Gasteiger partial charge < -0.3 is 28.5 Å². The summed E-state index contributed by atoms with van der Waals surface area (Å²) >= 11 is 3.61. The number of hydrogen-bond donors (Lipinski definition) is 0. The van der Waals surface area contributed by atoms with Gasteiger partial charge in [-0.25, -0.2) is 0 Å². The highest BCUT2D eigenvalue weighted by atomic mass is 127. The lowest BCUT2D eigenvalue weighted by Gasteiger charge is -2.34. The number of quaternary nitrogens is 1. The van der Waals surface area contributed by atoms with Crippen LogP contribution in [-0.2, 0) is 0 Å². The minimum absolute atomic E-state index is 0. The van der Waals surface area contributed by atoms with Gasteiger partial charge >= 0.3 is 0 Å². The van der Waals surface area contributed by atoms with Gasteiger partial charge in [0.15, 0.2) is 0 Å². The quantitative estimate of drug-likeness (QED) is 0.191. The molecule has 0 heterocycles. The number of nitrogens with zero attached hydrogens (tertiary/aromatic N) is 1. The van der Waals surface area contributed by atoms with Crippen LogP contribution < -0.4 is 24.0 Å². The van der Waals surface area contributed by atoms with Crippen LogP contribution in [0.3, 0.4) is 0 Å². The third-order valence-electron chi connectivity index (χ3n) is 3.73. The fourth-order valence-electron chi connectivity index (χ4n) is 2.38. The summed E-state index contributed by atoms with van der Waals surface area (Å²) in [4.78, 5) is 0. The van der Waals surface area contributed by atoms with Crippen LogP contribution in [0.4, 0.5) is 0 Å². The second-order valence-corrected chi connectivity index (χ2v) is 6.39. The number of hydrogen-bond acceptors (Lipinski definition) is 0. The fourth-order valence-corrected chi connectivity index (χ4v) is 3.24. The lowest BCUT2D eigenvalue weighted by Crippen LogP contribution is -3.00. The van der Waals surface area contributed by atoms with E-state index in [1.165, 1.54) is 75.5 Å². The van der Waals surface area contributed by atoms with Gasteiger partial charge in [0.25, 0.3) is 0 Å². The molecule has 0 aliphatic carbocycles. The normalized spacial score (nSPS) is 14.0. The molecular formula is C15H33BrIN. The molecule has 3 heteroatoms. The Morgan fingerprint density at radius 1 is 0.722 bits per heavy atom. The van der Waals surface area contributed by atoms with Gasteiger partial charge in [-0.05, 0) is 25.7 Å². The highest BCUT2D eigenvalue weighted by Crippen LogP contribution is 2.12. The monoisotopic (exact) mass is 433 g/mol. The molecule has 0 saturated heterocycles. The molecular weight excluding hydrogens is 401 g/mol. The lowest BCUT2D eigenvalue weighted by atomic mass is 10.1. The first kappa shape index (κ1) is 21.5. The van der Waals surface area contributed by atoms with Crippen LogP contribution in [0.2, 0.25) is 0 Å². The summed E-state index contributed by atoms with van der Waals surface area (Å²) in [5, 5.41) is 1.14. The standard InChI is InChI=1S/C15H33BrN.HI/c1-4-6-8-9-11-14-17(3,15-12-16)13-10-7-5-2;/h4-15H2,1-3H3;1H/q+1;/p-1. The van der Waals surface area contributed by atoms with Crippen molar-refractivity contribution in [1.29, 1.82) is 0 Å². The predicted molar refractivity (Wildman–Crippen MR) is 82.9 cm³/mol. The summed E-state index contributed by atoms with van der Waals surface area (Å²) in [5.41, 5.74) is 0. The Labute approximate surface area is 141 Å². The minimum atomic E-state index is 0. The molecule has 0 fully saturated rings. The smallest absolute Gasteiger partial charge is 0.0883 e. The van der Waals surface area contributed by atoms with E-state index in [4.69, 9.17) is 0 Å². The molecule has 0 aromatic carbocycles. The Balaban J connectivity index is 0. The molecule has 112 valence electrons. The second-order valence-electron chi connectivity index (χ2n) is 5.60. The molecule has 0 amide bonds. The topological polar surface area (TPSA) is 0 Å². The summed E-state index contributed by atoms with van der Waals surface area (Å²) in [6.45, 7) is 8.61. The molecule has 1 unspecified atom stereocenters. The molecule has 18 heavy (non-hydrogen) atoms. The van der Waals surface area contributed by atoms with Crippen molar-refractivity contribution in [2.75, 3.05) is 32.0 Å². The summed E-state index contributed by atoms with van der Waals surface area (Å²) in [6, 6.07) is 0. The van der Waals surface area contributed by atoms with E-state index in [1.807, 2.05) is 0 Å². The molecule has 1 atom stereocenters. The van der Waals surface area contributed by atoms with Gasteiger partial charge in [-0.2, -0.15) is 0 Å². The maximum absolute atomic E-state index is 3.61. The van der Waals surface area contributed by atoms with E-state index in [1.54, 1.807) is 0 Å². The molecule has 0 aromatic rings. The molecule has 0 rings (SSSR count). The molecule has 0 radical (unpaired) electrons. The van der Waals surface area contributed by atoms with E-state index in [0.29, 0.717) is 0 Å². The van der Waals surface area contributed by atoms with Crippen molar-refractivity contribution < 1.29 is 28.5 Å². The minimum Gasteiger partial charge on any atom is -1.00 e. The van der Waals surface area contributed by atoms with Crippen molar-refractivity contribution >= 4 is 15.9 Å². The fraction of sp³-hybridized carbons (Fsp3) is 1.00. The van der Waals surface area contributed by atoms with Crippen molar-refractivity contribution in [1.82, 2.24) is 0 Å². The van der Waals surface area contributed by atoms with Crippen LogP contribution in [0.1, 0.15) is 65.2 Å². The average molecular weight is 434 g/mol. The average Bonchev–Trinajstić information content (AvgIpc) is 2.29. The van der Waals surface area contributed by atoms with E-state index in [9.17, 15) is 0 Å². The van der Waals surface area contributed by atoms with Crippen LogP contribution in [0.15, 0.2) is 0 Å². The van der Waals surface area contributed by atoms with Crippen molar-refractivity contribution in [3.63, 3.8) is 0 Å². The van der Waals surface area contributed by atoms with Crippen molar-refractivity contribution in [3.8, 4) is 0 Å². The van der Waals surface area contributed by atoms with E-state index in [0.717, 1.165) is 5.33 Å². The van der Waals surface area contributed by atoms with Crippen molar-refractivity contribution in [3.05, 3.63) is 0 Å². The highest BCUT2D eigenvalue weighted by molar-refractivity contribution is 9.09. The van der Waals surface area contributed by atoms with Gasteiger partial charge in [-0.1, -0.05) is 55.5 Å². The third-order valence-corrected chi connectivity index (χ3v) is 4.08. The summed E-state index contributed by atoms with van der Waals surface area (Å²) in [6.07, 6.45) is 11.2. The third kappa shape index (κ3) is 12.2. The molecule has 0 aromatic heterocycles. The van der Waals surface area contributed by atoms with E-state index < -0.39 is 0 Å². The molecule has 0 spiro atoms. The van der Waals surface area contributed by atoms with Gasteiger partial charge in [0.05, 0.1) is 32.0 Å². The Kier molecular flexibility index (Phi) is 17.4. The van der Waals surface area contributed by atoms with Gasteiger partial charge in [-0.3, -0.25) is 0 Å². The van der Waals surface area contributed by atoms with E-state index in [-0.39, 0.29) is 24.0 Å². The highest BCUT2D eigenvalue weighted by Gasteiger charge is 2.19. The number of halogens is 2. The van der Waals surface area contributed by atoms with Crippen LogP contribution in [0, 0.1) is 0 Å². The van der Waals surface area contributed by atoms with Crippen LogP contribution in [-0.4, -0.2) is 36.5 Å². The maximum atomic E-state index is 3.61. The number of alkyl halides is 1. The van der Waals surface area contributed by atoms with Crippen LogP contribution in [0.25, 0.3) is 0 Å². The zero-order valence-electron chi connectivity index (χ0n) is 12.7. The van der Waals surface area contributed by atoms with Crippen molar-refractivity contribution in [2.24, 2.45) is 0 Å². The Hall–Kier alpha value is 1.17. The zero-order chi connectivity index (χ0) is 13.0. The predicted octanol–water partition coefficient (Wildman–Crippen LogP) is 1.99. The first-order chi connectivity index (χ1) is 8.18. The Morgan fingerprint density at radius 3 is 1.67 bits per heavy atom. The lowest BCUT2D eigenvalue weighted by molar-refractivity contribution is -0.907. The van der Waals surface area contributed by atoms with E-state index >= 15 is 0 Å². The molecule has 0 aliphatic heterocycles. The zero-order valence-corrected chi connectivity index (χ0v) is 16.4. The SMILES string of the molecule is CCCCCCC[N+](C)(CCBr)CCCCC.[I-].